The zero-order valence-electron chi connectivity index (χ0n) is 25.5. The van der Waals surface area contributed by atoms with Crippen molar-refractivity contribution in [1.29, 1.82) is 0 Å². The third kappa shape index (κ3) is 6.83. The van der Waals surface area contributed by atoms with E-state index in [1.54, 1.807) is 19.2 Å². The third-order valence-electron chi connectivity index (χ3n) is 8.88. The number of carbonyl (C=O) groups excluding carboxylic acids is 4. The summed E-state index contributed by atoms with van der Waals surface area (Å²) in [6, 6.07) is 5.28. The Morgan fingerprint density at radius 3 is 1.91 bits per heavy atom. The second-order valence-corrected chi connectivity index (χ2v) is 12.5. The molecule has 44 heavy (non-hydrogen) atoms. The molecule has 0 N–H and O–H groups in total. The van der Waals surface area contributed by atoms with Crippen LogP contribution in [0.1, 0.15) is 65.4 Å². The molecule has 0 aromatic heterocycles. The number of esters is 4. The first-order valence-electron chi connectivity index (χ1n) is 15.0. The monoisotopic (exact) mass is 634 g/mol. The largest absolute Gasteiger partial charge is 0.496 e. The van der Waals surface area contributed by atoms with Gasteiger partial charge in [0.05, 0.1) is 12.1 Å². The van der Waals surface area contributed by atoms with Gasteiger partial charge in [-0.05, 0) is 73.5 Å². The van der Waals surface area contributed by atoms with Gasteiger partial charge in [0, 0.05) is 33.3 Å². The molecule has 1 aromatic carbocycles. The van der Waals surface area contributed by atoms with Crippen molar-refractivity contribution >= 4 is 41.2 Å². The number of hydrogen-bond acceptors (Lipinski definition) is 11. The average molecular weight is 635 g/mol. The first-order valence-corrected chi connectivity index (χ1v) is 15.4. The van der Waals surface area contributed by atoms with Gasteiger partial charge in [-0.25, -0.2) is 0 Å². The summed E-state index contributed by atoms with van der Waals surface area (Å²) < 4.78 is 40.0. The number of benzene rings is 1. The summed E-state index contributed by atoms with van der Waals surface area (Å²) in [5, 5.41) is 0.263. The maximum Gasteiger partial charge on any atom is 0.303 e. The molecular formula is C32H39ClO11. The molecule has 11 nitrogen and oxygen atoms in total. The zero-order chi connectivity index (χ0) is 31.7. The molecular weight excluding hydrogens is 596 g/mol. The lowest BCUT2D eigenvalue weighted by Gasteiger charge is -2.51. The lowest BCUT2D eigenvalue weighted by molar-refractivity contribution is -0.288. The number of halogens is 1. The van der Waals surface area contributed by atoms with Gasteiger partial charge in [-0.1, -0.05) is 17.7 Å². The molecule has 240 valence electrons. The van der Waals surface area contributed by atoms with Crippen LogP contribution in [-0.4, -0.2) is 68.3 Å². The fourth-order valence-corrected chi connectivity index (χ4v) is 7.89. The van der Waals surface area contributed by atoms with Gasteiger partial charge in [0.15, 0.2) is 12.2 Å². The molecule has 1 aromatic rings. The molecule has 4 bridgehead atoms. The second kappa shape index (κ2) is 13.4. The van der Waals surface area contributed by atoms with E-state index in [-0.39, 0.29) is 17.4 Å². The van der Waals surface area contributed by atoms with Crippen molar-refractivity contribution in [3.05, 3.63) is 34.4 Å². The van der Waals surface area contributed by atoms with E-state index < -0.39 is 54.6 Å². The van der Waals surface area contributed by atoms with Crippen LogP contribution in [0.2, 0.25) is 5.02 Å². The number of allylic oxidation sites excluding steroid dienone is 1. The van der Waals surface area contributed by atoms with E-state index in [2.05, 4.69) is 0 Å². The second-order valence-electron chi connectivity index (χ2n) is 12.1. The molecule has 5 aliphatic rings. The molecule has 0 amide bonds. The van der Waals surface area contributed by atoms with Crippen LogP contribution in [0.15, 0.2) is 23.8 Å². The van der Waals surface area contributed by atoms with Crippen LogP contribution in [0.5, 0.6) is 5.75 Å². The Labute approximate surface area is 261 Å². The summed E-state index contributed by atoms with van der Waals surface area (Å²) in [7, 11) is 1.65. The highest BCUT2D eigenvalue weighted by atomic mass is 35.5. The van der Waals surface area contributed by atoms with Crippen molar-refractivity contribution in [3.8, 4) is 5.75 Å². The number of methoxy groups -OCH3 is 1. The molecule has 4 saturated carbocycles. The van der Waals surface area contributed by atoms with E-state index >= 15 is 0 Å². The molecule has 0 spiro atoms. The summed E-state index contributed by atoms with van der Waals surface area (Å²) >= 11 is 7.00. The first-order chi connectivity index (χ1) is 20.9. The normalized spacial score (nSPS) is 32.0. The van der Waals surface area contributed by atoms with Gasteiger partial charge in [-0.2, -0.15) is 0 Å². The minimum atomic E-state index is -1.40. The van der Waals surface area contributed by atoms with Crippen LogP contribution in [0.25, 0.3) is 5.76 Å². The van der Waals surface area contributed by atoms with Crippen LogP contribution in [0.3, 0.4) is 0 Å². The van der Waals surface area contributed by atoms with E-state index in [4.69, 9.17) is 44.8 Å². The highest BCUT2D eigenvalue weighted by Crippen LogP contribution is 2.58. The summed E-state index contributed by atoms with van der Waals surface area (Å²) in [6.07, 6.45) is -0.599. The molecule has 12 heteroatoms. The minimum absolute atomic E-state index is 0.198. The van der Waals surface area contributed by atoms with E-state index in [1.807, 2.05) is 6.07 Å². The predicted molar refractivity (Wildman–Crippen MR) is 155 cm³/mol. The Bertz CT molecular complexity index is 1290. The molecule has 4 aliphatic carbocycles. The molecule has 1 aliphatic heterocycles. The third-order valence-corrected chi connectivity index (χ3v) is 9.27. The molecule has 0 radical (unpaired) electrons. The van der Waals surface area contributed by atoms with Crippen molar-refractivity contribution in [2.75, 3.05) is 13.7 Å². The smallest absolute Gasteiger partial charge is 0.303 e. The quantitative estimate of drug-likeness (QED) is 0.214. The van der Waals surface area contributed by atoms with E-state index in [0.717, 1.165) is 57.1 Å². The first kappa shape index (κ1) is 32.1. The van der Waals surface area contributed by atoms with Gasteiger partial charge < -0.3 is 33.2 Å². The summed E-state index contributed by atoms with van der Waals surface area (Å²) in [5.74, 6) is 0.618. The average Bonchev–Trinajstić information content (AvgIpc) is 2.93. The van der Waals surface area contributed by atoms with Gasteiger partial charge in [-0.15, -0.1) is 0 Å². The van der Waals surface area contributed by atoms with Gasteiger partial charge in [0.2, 0.25) is 12.4 Å². The van der Waals surface area contributed by atoms with Gasteiger partial charge in [-0.3, -0.25) is 19.2 Å². The van der Waals surface area contributed by atoms with Crippen molar-refractivity contribution in [2.24, 2.45) is 23.7 Å². The highest BCUT2D eigenvalue weighted by Gasteiger charge is 2.53. The maximum atomic E-state index is 12.2. The van der Waals surface area contributed by atoms with Crippen LogP contribution < -0.4 is 4.74 Å². The Morgan fingerprint density at radius 1 is 0.795 bits per heavy atom. The van der Waals surface area contributed by atoms with Crippen LogP contribution in [-0.2, 0) is 47.6 Å². The Hall–Kier alpha value is -3.31. The Balaban J connectivity index is 1.50. The SMILES string of the molecule is COC(=C1C2CC3CC(C2)CC1C3)c1cccc(O[C@@H]2OC(COC(C)=O)[C@H](OC(C)=O)C(OC(C)=O)C2OC(C)=O)c1Cl. The van der Waals surface area contributed by atoms with Crippen LogP contribution >= 0.6 is 11.6 Å². The molecule has 1 heterocycles. The molecule has 5 atom stereocenters. The lowest BCUT2D eigenvalue weighted by Crippen LogP contribution is -2.63. The molecule has 1 saturated heterocycles. The van der Waals surface area contributed by atoms with Crippen molar-refractivity contribution in [1.82, 2.24) is 0 Å². The van der Waals surface area contributed by atoms with Crippen molar-refractivity contribution in [3.63, 3.8) is 0 Å². The van der Waals surface area contributed by atoms with E-state index in [1.165, 1.54) is 25.8 Å². The highest BCUT2D eigenvalue weighted by molar-refractivity contribution is 6.33. The fraction of sp³-hybridized carbons (Fsp3) is 0.625. The maximum absolute atomic E-state index is 12.2. The Morgan fingerprint density at radius 2 is 1.36 bits per heavy atom. The minimum Gasteiger partial charge on any atom is -0.496 e. The predicted octanol–water partition coefficient (Wildman–Crippen LogP) is 4.62. The van der Waals surface area contributed by atoms with Crippen molar-refractivity contribution < 1.29 is 52.3 Å². The van der Waals surface area contributed by atoms with E-state index in [9.17, 15) is 19.2 Å². The summed E-state index contributed by atoms with van der Waals surface area (Å²) in [4.78, 5) is 48.1. The zero-order valence-corrected chi connectivity index (χ0v) is 26.3. The van der Waals surface area contributed by atoms with Gasteiger partial charge in [0.25, 0.3) is 0 Å². The number of carbonyl (C=O) groups is 4. The molecule has 6 rings (SSSR count). The van der Waals surface area contributed by atoms with Crippen LogP contribution in [0, 0.1) is 23.7 Å². The van der Waals surface area contributed by atoms with Crippen LogP contribution in [0.4, 0.5) is 0 Å². The topological polar surface area (TPSA) is 133 Å². The van der Waals surface area contributed by atoms with E-state index in [0.29, 0.717) is 17.4 Å². The molecule has 3 unspecified atom stereocenters. The fourth-order valence-electron chi connectivity index (χ4n) is 7.63. The Kier molecular flexibility index (Phi) is 9.74. The van der Waals surface area contributed by atoms with Crippen molar-refractivity contribution in [2.45, 2.75) is 90.5 Å². The van der Waals surface area contributed by atoms with Gasteiger partial charge in [0.1, 0.15) is 24.2 Å². The molecule has 5 fully saturated rings. The lowest BCUT2D eigenvalue weighted by atomic mass is 9.54. The standard InChI is InChI=1S/C32H39ClO11/c1-15(34)39-14-25-29(40-16(2)35)30(41-17(3)36)31(42-18(4)37)32(44-25)43-24-8-6-7-23(27(24)33)28(38-5)26-21-10-19-9-20(12-21)13-22(26)11-19/h6-8,19-22,25,29-32H,9-14H2,1-5H3/t19?,20?,21?,22?,25?,29-,30?,31?,32+/m0/s1. The summed E-state index contributed by atoms with van der Waals surface area (Å²) in [5.41, 5.74) is 1.98. The summed E-state index contributed by atoms with van der Waals surface area (Å²) in [6.45, 7) is 4.33. The number of hydrogen-bond donors (Lipinski definition) is 0. The number of rotatable bonds is 9. The number of ether oxygens (including phenoxy) is 7. The van der Waals surface area contributed by atoms with Gasteiger partial charge >= 0.3 is 23.9 Å².